The highest BCUT2D eigenvalue weighted by atomic mass is 32.1. The number of hydrogen-bond donors (Lipinski definition) is 3. The molecule has 0 radical (unpaired) electrons. The molecule has 2 atom stereocenters. The highest BCUT2D eigenvalue weighted by Crippen LogP contribution is 2.49. The van der Waals surface area contributed by atoms with Crippen molar-refractivity contribution >= 4 is 27.9 Å². The SMILES string of the molecule is CCOC1C(C#N)=C(O)OC2=CCc3c(sc(N)c3C(=O)Nc3ccccc3)C21. The molecule has 2 aromatic rings. The Morgan fingerprint density at radius 3 is 2.90 bits per heavy atom. The molecule has 7 nitrogen and oxygen atoms in total. The molecule has 2 heterocycles. The number of carbonyl (C=O) groups excluding carboxylic acids is 1. The van der Waals surface area contributed by atoms with Crippen molar-refractivity contribution in [2.45, 2.75) is 25.4 Å². The van der Waals surface area contributed by atoms with Gasteiger partial charge in [-0.05, 0) is 37.1 Å². The summed E-state index contributed by atoms with van der Waals surface area (Å²) in [5.41, 5.74) is 8.17. The Hall–Kier alpha value is -3.28. The van der Waals surface area contributed by atoms with Crippen molar-refractivity contribution in [1.29, 1.82) is 5.26 Å². The number of aliphatic hydroxyl groups is 1. The van der Waals surface area contributed by atoms with Crippen LogP contribution in [0.5, 0.6) is 0 Å². The molecule has 4 N–H and O–H groups in total. The molecular formula is C21H19N3O4S. The lowest BCUT2D eigenvalue weighted by Crippen LogP contribution is -2.33. The summed E-state index contributed by atoms with van der Waals surface area (Å²) in [5, 5.41) is 22.8. The predicted octanol–water partition coefficient (Wildman–Crippen LogP) is 3.83. The Kier molecular flexibility index (Phi) is 5.01. The van der Waals surface area contributed by atoms with E-state index in [9.17, 15) is 15.2 Å². The molecule has 1 aliphatic heterocycles. The van der Waals surface area contributed by atoms with Crippen LogP contribution < -0.4 is 11.1 Å². The first-order valence-corrected chi connectivity index (χ1v) is 9.97. The molecule has 29 heavy (non-hydrogen) atoms. The second-order valence-electron chi connectivity index (χ2n) is 6.60. The summed E-state index contributed by atoms with van der Waals surface area (Å²) in [6.45, 7) is 2.17. The smallest absolute Gasteiger partial charge is 0.298 e. The number of thiophene rings is 1. The number of nitrogens with zero attached hydrogens (tertiary/aromatic N) is 1. The summed E-state index contributed by atoms with van der Waals surface area (Å²) < 4.78 is 11.3. The quantitative estimate of drug-likeness (QED) is 0.706. The van der Waals surface area contributed by atoms with Gasteiger partial charge in [-0.1, -0.05) is 18.2 Å². The summed E-state index contributed by atoms with van der Waals surface area (Å²) in [7, 11) is 0. The number of carbonyl (C=O) groups is 1. The van der Waals surface area contributed by atoms with Crippen molar-refractivity contribution in [3.8, 4) is 6.07 Å². The van der Waals surface area contributed by atoms with Gasteiger partial charge in [-0.25, -0.2) is 0 Å². The summed E-state index contributed by atoms with van der Waals surface area (Å²) in [6, 6.07) is 11.1. The average Bonchev–Trinajstić information content (AvgIpc) is 3.04. The van der Waals surface area contributed by atoms with Crippen LogP contribution in [-0.4, -0.2) is 23.7 Å². The predicted molar refractivity (Wildman–Crippen MR) is 109 cm³/mol. The van der Waals surface area contributed by atoms with Crippen LogP contribution in [-0.2, 0) is 15.9 Å². The topological polar surface area (TPSA) is 118 Å². The third-order valence-electron chi connectivity index (χ3n) is 4.92. The average molecular weight is 409 g/mol. The van der Waals surface area contributed by atoms with E-state index in [-0.39, 0.29) is 11.5 Å². The van der Waals surface area contributed by atoms with E-state index in [0.717, 1.165) is 10.4 Å². The molecule has 1 aliphatic carbocycles. The maximum atomic E-state index is 12.9. The number of para-hydroxylation sites is 1. The molecule has 148 valence electrons. The lowest BCUT2D eigenvalue weighted by atomic mass is 9.83. The van der Waals surface area contributed by atoms with Crippen molar-refractivity contribution in [3.05, 3.63) is 69.7 Å². The van der Waals surface area contributed by atoms with E-state index in [1.807, 2.05) is 31.2 Å². The van der Waals surface area contributed by atoms with Crippen LogP contribution >= 0.6 is 11.3 Å². The lowest BCUT2D eigenvalue weighted by Gasteiger charge is -2.34. The molecular weight excluding hydrogens is 390 g/mol. The van der Waals surface area contributed by atoms with Gasteiger partial charge in [0.2, 0.25) is 0 Å². The minimum absolute atomic E-state index is 0.0316. The summed E-state index contributed by atoms with van der Waals surface area (Å²) in [5.74, 6) is -0.659. The van der Waals surface area contributed by atoms with E-state index in [0.29, 0.717) is 35.0 Å². The highest BCUT2D eigenvalue weighted by molar-refractivity contribution is 7.16. The van der Waals surface area contributed by atoms with Gasteiger partial charge in [0.25, 0.3) is 11.9 Å². The fraction of sp³-hybridized carbons (Fsp3) is 0.238. The Bertz CT molecular complexity index is 1070. The molecule has 1 aromatic heterocycles. The van der Waals surface area contributed by atoms with Gasteiger partial charge < -0.3 is 25.6 Å². The van der Waals surface area contributed by atoms with Crippen molar-refractivity contribution < 1.29 is 19.4 Å². The second-order valence-corrected chi connectivity index (χ2v) is 7.68. The summed E-state index contributed by atoms with van der Waals surface area (Å²) in [6.07, 6.45) is 1.53. The fourth-order valence-electron chi connectivity index (χ4n) is 3.70. The van der Waals surface area contributed by atoms with Crippen LogP contribution in [0.3, 0.4) is 0 Å². The first-order valence-electron chi connectivity index (χ1n) is 9.15. The molecule has 4 rings (SSSR count). The zero-order valence-electron chi connectivity index (χ0n) is 15.6. The lowest BCUT2D eigenvalue weighted by molar-refractivity contribution is 0.0219. The number of nitriles is 1. The van der Waals surface area contributed by atoms with Crippen molar-refractivity contribution in [2.75, 3.05) is 17.7 Å². The van der Waals surface area contributed by atoms with Crippen LogP contribution in [0.25, 0.3) is 0 Å². The van der Waals surface area contributed by atoms with Gasteiger partial charge >= 0.3 is 0 Å². The van der Waals surface area contributed by atoms with E-state index in [2.05, 4.69) is 5.32 Å². The van der Waals surface area contributed by atoms with Gasteiger partial charge in [0.1, 0.15) is 23.5 Å². The van der Waals surface area contributed by atoms with Gasteiger partial charge in [0.15, 0.2) is 0 Å². The minimum Gasteiger partial charge on any atom is -0.480 e. The monoisotopic (exact) mass is 409 g/mol. The zero-order chi connectivity index (χ0) is 20.5. The molecule has 2 aliphatic rings. The summed E-state index contributed by atoms with van der Waals surface area (Å²) >= 11 is 1.29. The standard InChI is InChI=1S/C21H19N3O4S/c1-2-27-17-13(10-22)21(26)28-14-9-8-12-15(19(23)29-18(12)16(14)17)20(25)24-11-6-4-3-5-7-11/h3-7,9,16-17,26H,2,8,23H2,1H3,(H,24,25). The first kappa shape index (κ1) is 19.1. The number of nitrogens with two attached hydrogens (primary N) is 1. The summed E-state index contributed by atoms with van der Waals surface area (Å²) in [4.78, 5) is 13.8. The van der Waals surface area contributed by atoms with Crippen LogP contribution in [0.15, 0.2) is 53.7 Å². The third kappa shape index (κ3) is 3.24. The normalized spacial score (nSPS) is 20.1. The number of ether oxygens (including phenoxy) is 2. The zero-order valence-corrected chi connectivity index (χ0v) is 16.5. The van der Waals surface area contributed by atoms with Gasteiger partial charge in [-0.15, -0.1) is 11.3 Å². The first-order chi connectivity index (χ1) is 14.0. The van der Waals surface area contributed by atoms with Crippen molar-refractivity contribution in [3.63, 3.8) is 0 Å². The third-order valence-corrected chi connectivity index (χ3v) is 6.06. The fourth-order valence-corrected chi connectivity index (χ4v) is 4.93. The van der Waals surface area contributed by atoms with E-state index in [4.69, 9.17) is 15.2 Å². The Labute approximate surface area is 171 Å². The molecule has 0 bridgehead atoms. The Balaban J connectivity index is 1.74. The number of fused-ring (bicyclic) bond motifs is 3. The number of aliphatic hydroxyl groups excluding tert-OH is 1. The number of allylic oxidation sites excluding steroid dienone is 1. The molecule has 2 unspecified atom stereocenters. The number of anilines is 2. The van der Waals surface area contributed by atoms with Crippen LogP contribution in [0.4, 0.5) is 10.7 Å². The molecule has 0 fully saturated rings. The number of nitrogen functional groups attached to an aromatic ring is 1. The number of rotatable bonds is 4. The van der Waals surface area contributed by atoms with E-state index in [1.54, 1.807) is 18.2 Å². The van der Waals surface area contributed by atoms with Crippen molar-refractivity contribution in [2.24, 2.45) is 0 Å². The van der Waals surface area contributed by atoms with Crippen LogP contribution in [0.1, 0.15) is 33.6 Å². The van der Waals surface area contributed by atoms with E-state index in [1.165, 1.54) is 11.3 Å². The maximum absolute atomic E-state index is 12.9. The van der Waals surface area contributed by atoms with Gasteiger partial charge in [0, 0.05) is 17.2 Å². The van der Waals surface area contributed by atoms with Crippen molar-refractivity contribution in [1.82, 2.24) is 0 Å². The molecule has 0 saturated carbocycles. The second kappa shape index (κ2) is 7.62. The van der Waals surface area contributed by atoms with Gasteiger partial charge in [-0.3, -0.25) is 4.79 Å². The molecule has 1 aromatic carbocycles. The van der Waals surface area contributed by atoms with Crippen LogP contribution in [0, 0.1) is 11.3 Å². The Morgan fingerprint density at radius 1 is 1.45 bits per heavy atom. The minimum atomic E-state index is -0.702. The van der Waals surface area contributed by atoms with E-state index >= 15 is 0 Å². The number of amides is 1. The largest absolute Gasteiger partial charge is 0.480 e. The maximum Gasteiger partial charge on any atom is 0.298 e. The Morgan fingerprint density at radius 2 is 2.21 bits per heavy atom. The molecule has 0 saturated heterocycles. The number of nitrogens with one attached hydrogen (secondary N) is 1. The molecule has 8 heteroatoms. The van der Waals surface area contributed by atoms with Gasteiger partial charge in [0.05, 0.1) is 16.5 Å². The number of benzene rings is 1. The van der Waals surface area contributed by atoms with Gasteiger partial charge in [-0.2, -0.15) is 5.26 Å². The highest BCUT2D eigenvalue weighted by Gasteiger charge is 2.44. The van der Waals surface area contributed by atoms with E-state index < -0.39 is 18.0 Å². The molecule has 1 amide bonds. The molecule has 0 spiro atoms. The number of hydrogen-bond acceptors (Lipinski definition) is 7. The van der Waals surface area contributed by atoms with Crippen LogP contribution in [0.2, 0.25) is 0 Å².